The highest BCUT2D eigenvalue weighted by molar-refractivity contribution is 7.89. The minimum Gasteiger partial charge on any atom is -0.478 e. The second-order valence-electron chi connectivity index (χ2n) is 5.30. The number of aliphatic hydroxyl groups is 1. The maximum absolute atomic E-state index is 12.4. The van der Waals surface area contributed by atoms with Gasteiger partial charge >= 0.3 is 5.97 Å². The molecule has 0 atom stereocenters. The number of sulfonamides is 1. The van der Waals surface area contributed by atoms with Gasteiger partial charge in [-0.25, -0.2) is 17.9 Å². The summed E-state index contributed by atoms with van der Waals surface area (Å²) in [5.74, 6) is -1.25. The molecule has 0 aliphatic carbocycles. The van der Waals surface area contributed by atoms with Crippen molar-refractivity contribution in [3.05, 3.63) is 59.7 Å². The van der Waals surface area contributed by atoms with Crippen molar-refractivity contribution in [2.75, 3.05) is 25.0 Å². The third kappa shape index (κ3) is 5.28. The molecule has 8 heteroatoms. The standard InChI is InChI=1S/C17H20N2O5S/c20-11-10-18-16-7-6-14(12-15(16)17(21)22)25(23,24)19-9-8-13-4-2-1-3-5-13/h1-7,12,18-20H,8-11H2,(H,21,22). The number of rotatable bonds is 9. The van der Waals surface area contributed by atoms with Gasteiger partial charge in [-0.05, 0) is 30.2 Å². The molecular weight excluding hydrogens is 344 g/mol. The van der Waals surface area contributed by atoms with E-state index in [2.05, 4.69) is 10.0 Å². The van der Waals surface area contributed by atoms with Crippen LogP contribution in [0.2, 0.25) is 0 Å². The summed E-state index contributed by atoms with van der Waals surface area (Å²) in [6, 6.07) is 13.3. The van der Waals surface area contributed by atoms with Gasteiger partial charge in [0.25, 0.3) is 0 Å². The molecule has 2 rings (SSSR count). The van der Waals surface area contributed by atoms with Gasteiger partial charge < -0.3 is 15.5 Å². The van der Waals surface area contributed by atoms with Crippen LogP contribution in [0.25, 0.3) is 0 Å². The highest BCUT2D eigenvalue weighted by Gasteiger charge is 2.18. The zero-order chi connectivity index (χ0) is 18.3. The highest BCUT2D eigenvalue weighted by Crippen LogP contribution is 2.20. The van der Waals surface area contributed by atoms with E-state index >= 15 is 0 Å². The fraction of sp³-hybridized carbons (Fsp3) is 0.235. The Labute approximate surface area is 146 Å². The van der Waals surface area contributed by atoms with Gasteiger partial charge in [-0.2, -0.15) is 0 Å². The van der Waals surface area contributed by atoms with E-state index in [1.807, 2.05) is 30.3 Å². The first-order valence-corrected chi connectivity index (χ1v) is 9.18. The van der Waals surface area contributed by atoms with Crippen molar-refractivity contribution in [3.8, 4) is 0 Å². The van der Waals surface area contributed by atoms with Crippen LogP contribution in [0.3, 0.4) is 0 Å². The van der Waals surface area contributed by atoms with E-state index in [1.165, 1.54) is 12.1 Å². The quantitative estimate of drug-likeness (QED) is 0.533. The van der Waals surface area contributed by atoms with Crippen molar-refractivity contribution < 1.29 is 23.4 Å². The van der Waals surface area contributed by atoms with E-state index in [9.17, 15) is 18.3 Å². The van der Waals surface area contributed by atoms with Gasteiger partial charge in [-0.15, -0.1) is 0 Å². The lowest BCUT2D eigenvalue weighted by Crippen LogP contribution is -2.26. The Morgan fingerprint density at radius 3 is 2.40 bits per heavy atom. The lowest BCUT2D eigenvalue weighted by molar-refractivity contribution is 0.0697. The predicted molar refractivity (Wildman–Crippen MR) is 94.3 cm³/mol. The normalized spacial score (nSPS) is 11.2. The summed E-state index contributed by atoms with van der Waals surface area (Å²) in [7, 11) is -3.81. The maximum atomic E-state index is 12.4. The monoisotopic (exact) mass is 364 g/mol. The second kappa shape index (κ2) is 8.61. The number of hydrogen-bond acceptors (Lipinski definition) is 5. The van der Waals surface area contributed by atoms with E-state index < -0.39 is 16.0 Å². The zero-order valence-corrected chi connectivity index (χ0v) is 14.3. The van der Waals surface area contributed by atoms with Crippen LogP contribution in [-0.2, 0) is 16.4 Å². The number of carboxylic acids is 1. The molecule has 0 bridgehead atoms. The molecule has 0 saturated carbocycles. The number of carbonyl (C=O) groups is 1. The van der Waals surface area contributed by atoms with E-state index in [4.69, 9.17) is 5.11 Å². The summed E-state index contributed by atoms with van der Waals surface area (Å²) in [6.45, 7) is 0.209. The van der Waals surface area contributed by atoms with Gasteiger partial charge in [-0.3, -0.25) is 0 Å². The molecule has 7 nitrogen and oxygen atoms in total. The summed E-state index contributed by atoms with van der Waals surface area (Å²) < 4.78 is 27.2. The Balaban J connectivity index is 2.12. The van der Waals surface area contributed by atoms with Crippen molar-refractivity contribution >= 4 is 21.7 Å². The van der Waals surface area contributed by atoms with Crippen LogP contribution in [0, 0.1) is 0 Å². The van der Waals surface area contributed by atoms with Crippen molar-refractivity contribution in [1.82, 2.24) is 4.72 Å². The number of aromatic carboxylic acids is 1. The minimum absolute atomic E-state index is 0.118. The molecule has 0 heterocycles. The summed E-state index contributed by atoms with van der Waals surface area (Å²) in [6.07, 6.45) is 0.530. The molecule has 0 aliphatic rings. The van der Waals surface area contributed by atoms with Crippen LogP contribution in [0.4, 0.5) is 5.69 Å². The molecule has 0 aromatic heterocycles. The number of anilines is 1. The molecule has 0 radical (unpaired) electrons. The van der Waals surface area contributed by atoms with Crippen molar-refractivity contribution in [2.45, 2.75) is 11.3 Å². The topological polar surface area (TPSA) is 116 Å². The fourth-order valence-electron chi connectivity index (χ4n) is 2.27. The smallest absolute Gasteiger partial charge is 0.337 e. The summed E-state index contributed by atoms with van der Waals surface area (Å²) in [5, 5.41) is 20.8. The van der Waals surface area contributed by atoms with E-state index in [1.54, 1.807) is 0 Å². The number of aliphatic hydroxyl groups excluding tert-OH is 1. The van der Waals surface area contributed by atoms with Crippen LogP contribution < -0.4 is 10.0 Å². The Morgan fingerprint density at radius 2 is 1.76 bits per heavy atom. The highest BCUT2D eigenvalue weighted by atomic mass is 32.2. The van der Waals surface area contributed by atoms with Crippen molar-refractivity contribution in [1.29, 1.82) is 0 Å². The Bertz CT molecular complexity index is 822. The van der Waals surface area contributed by atoms with Crippen molar-refractivity contribution in [2.24, 2.45) is 0 Å². The van der Waals surface area contributed by atoms with Crippen LogP contribution in [0.15, 0.2) is 53.4 Å². The van der Waals surface area contributed by atoms with Gasteiger partial charge in [0.15, 0.2) is 0 Å². The van der Waals surface area contributed by atoms with Crippen LogP contribution in [0.5, 0.6) is 0 Å². The summed E-state index contributed by atoms with van der Waals surface area (Å²) in [4.78, 5) is 11.2. The fourth-order valence-corrected chi connectivity index (χ4v) is 3.33. The van der Waals surface area contributed by atoms with Gasteiger partial charge in [0.2, 0.25) is 10.0 Å². The first-order chi connectivity index (χ1) is 11.9. The lowest BCUT2D eigenvalue weighted by atomic mass is 10.2. The zero-order valence-electron chi connectivity index (χ0n) is 13.5. The number of nitrogens with one attached hydrogen (secondary N) is 2. The molecule has 0 saturated heterocycles. The molecule has 134 valence electrons. The Morgan fingerprint density at radius 1 is 1.04 bits per heavy atom. The minimum atomic E-state index is -3.81. The molecule has 0 amide bonds. The Kier molecular flexibility index (Phi) is 6.51. The first-order valence-electron chi connectivity index (χ1n) is 7.69. The predicted octanol–water partition coefficient (Wildman–Crippen LogP) is 1.31. The third-order valence-corrected chi connectivity index (χ3v) is 4.97. The average Bonchev–Trinajstić information content (AvgIpc) is 2.60. The molecule has 25 heavy (non-hydrogen) atoms. The first kappa shape index (κ1) is 18.9. The van der Waals surface area contributed by atoms with Crippen LogP contribution in [0.1, 0.15) is 15.9 Å². The third-order valence-electron chi connectivity index (χ3n) is 3.51. The summed E-state index contributed by atoms with van der Waals surface area (Å²) >= 11 is 0. The Hall–Kier alpha value is -2.42. The van der Waals surface area contributed by atoms with E-state index in [-0.39, 0.29) is 35.8 Å². The maximum Gasteiger partial charge on any atom is 0.337 e. The largest absolute Gasteiger partial charge is 0.478 e. The molecule has 4 N–H and O–H groups in total. The number of hydrogen-bond donors (Lipinski definition) is 4. The lowest BCUT2D eigenvalue weighted by Gasteiger charge is -2.11. The molecule has 0 unspecified atom stereocenters. The molecule has 2 aromatic rings. The molecular formula is C17H20N2O5S. The molecule has 0 aliphatic heterocycles. The molecule has 0 spiro atoms. The van der Waals surface area contributed by atoms with Gasteiger partial charge in [0.1, 0.15) is 0 Å². The van der Waals surface area contributed by atoms with Gasteiger partial charge in [-0.1, -0.05) is 30.3 Å². The SMILES string of the molecule is O=C(O)c1cc(S(=O)(=O)NCCc2ccccc2)ccc1NCCO. The number of benzene rings is 2. The number of carboxylic acid groups (broad SMARTS) is 1. The van der Waals surface area contributed by atoms with E-state index in [0.29, 0.717) is 6.42 Å². The molecule has 0 fully saturated rings. The van der Waals surface area contributed by atoms with E-state index in [0.717, 1.165) is 11.6 Å². The van der Waals surface area contributed by atoms with Crippen LogP contribution >= 0.6 is 0 Å². The van der Waals surface area contributed by atoms with Gasteiger partial charge in [0, 0.05) is 18.8 Å². The van der Waals surface area contributed by atoms with Gasteiger partial charge in [0.05, 0.1) is 17.1 Å². The van der Waals surface area contributed by atoms with Crippen molar-refractivity contribution in [3.63, 3.8) is 0 Å². The molecule has 2 aromatic carbocycles. The average molecular weight is 364 g/mol. The second-order valence-corrected chi connectivity index (χ2v) is 7.06. The van der Waals surface area contributed by atoms with Crippen LogP contribution in [-0.4, -0.2) is 44.3 Å². The summed E-state index contributed by atoms with van der Waals surface area (Å²) in [5.41, 5.74) is 1.09.